The molecule has 0 bridgehead atoms. The predicted molar refractivity (Wildman–Crippen MR) is 44.4 cm³/mol. The lowest BCUT2D eigenvalue weighted by atomic mass is 10.4. The molecule has 0 rings (SSSR count). The Bertz CT molecular complexity index is 185. The van der Waals surface area contributed by atoms with E-state index in [0.29, 0.717) is 17.2 Å². The van der Waals surface area contributed by atoms with Crippen LogP contribution in [0, 0.1) is 0 Å². The Kier molecular flexibility index (Phi) is 3.25. The van der Waals surface area contributed by atoms with E-state index >= 15 is 0 Å². The molecule has 0 fully saturated rings. The highest BCUT2D eigenvalue weighted by atomic mass is 14.8. The van der Waals surface area contributed by atoms with E-state index in [1.54, 1.807) is 19.9 Å². The molecule has 0 spiro atoms. The molecule has 0 aromatic rings. The lowest BCUT2D eigenvalue weighted by molar-refractivity contribution is 1.28. The molecule has 10 heavy (non-hydrogen) atoms. The first-order valence-electron chi connectivity index (χ1n) is 2.96. The van der Waals surface area contributed by atoms with Crippen LogP contribution < -0.4 is 11.5 Å². The standard InChI is InChI=1S/C7H13N3/c1-5(2)10-7(9)4-6(3)8/h4H,1,8H2,2-3H3,(H2,9,10)/b6-4-. The van der Waals surface area contributed by atoms with Gasteiger partial charge in [-0.2, -0.15) is 0 Å². The molecule has 0 atom stereocenters. The SMILES string of the molecule is C=C(C)/N=C(N)\C=C(\C)N. The Morgan fingerprint density at radius 1 is 1.40 bits per heavy atom. The van der Waals surface area contributed by atoms with Gasteiger partial charge in [0, 0.05) is 11.4 Å². The lowest BCUT2D eigenvalue weighted by Crippen LogP contribution is -2.10. The van der Waals surface area contributed by atoms with E-state index in [9.17, 15) is 0 Å². The molecule has 0 aliphatic carbocycles. The van der Waals surface area contributed by atoms with Gasteiger partial charge in [0.1, 0.15) is 5.84 Å². The summed E-state index contributed by atoms with van der Waals surface area (Å²) in [6.45, 7) is 7.09. The fraction of sp³-hybridized carbons (Fsp3) is 0.286. The van der Waals surface area contributed by atoms with Gasteiger partial charge in [0.15, 0.2) is 0 Å². The summed E-state index contributed by atoms with van der Waals surface area (Å²) in [7, 11) is 0. The van der Waals surface area contributed by atoms with E-state index in [0.717, 1.165) is 0 Å². The van der Waals surface area contributed by atoms with Crippen molar-refractivity contribution in [3.8, 4) is 0 Å². The summed E-state index contributed by atoms with van der Waals surface area (Å²) in [5, 5.41) is 0. The predicted octanol–water partition coefficient (Wildman–Crippen LogP) is 0.740. The molecule has 3 nitrogen and oxygen atoms in total. The van der Waals surface area contributed by atoms with Crippen molar-refractivity contribution in [2.75, 3.05) is 0 Å². The van der Waals surface area contributed by atoms with Gasteiger partial charge in [-0.25, -0.2) is 4.99 Å². The summed E-state index contributed by atoms with van der Waals surface area (Å²) >= 11 is 0. The van der Waals surface area contributed by atoms with Crippen LogP contribution in [0.4, 0.5) is 0 Å². The Balaban J connectivity index is 4.22. The molecule has 4 N–H and O–H groups in total. The van der Waals surface area contributed by atoms with E-state index in [4.69, 9.17) is 11.5 Å². The summed E-state index contributed by atoms with van der Waals surface area (Å²) in [4.78, 5) is 3.86. The van der Waals surface area contributed by atoms with Gasteiger partial charge in [-0.3, -0.25) is 0 Å². The Hall–Kier alpha value is -1.25. The highest BCUT2D eigenvalue weighted by Crippen LogP contribution is 1.89. The molecule has 0 radical (unpaired) electrons. The normalized spacial score (nSPS) is 13.4. The van der Waals surface area contributed by atoms with Crippen LogP contribution in [-0.4, -0.2) is 5.84 Å². The maximum Gasteiger partial charge on any atom is 0.125 e. The summed E-state index contributed by atoms with van der Waals surface area (Å²) in [5.74, 6) is 0.396. The zero-order chi connectivity index (χ0) is 8.15. The van der Waals surface area contributed by atoms with Crippen molar-refractivity contribution in [2.24, 2.45) is 16.5 Å². The minimum atomic E-state index is 0.396. The number of nitrogens with two attached hydrogens (primary N) is 2. The third kappa shape index (κ3) is 4.90. The van der Waals surface area contributed by atoms with Crippen molar-refractivity contribution in [3.63, 3.8) is 0 Å². The maximum atomic E-state index is 5.41. The first-order valence-corrected chi connectivity index (χ1v) is 2.96. The molecule has 0 unspecified atom stereocenters. The molecule has 0 aliphatic heterocycles. The van der Waals surface area contributed by atoms with Crippen LogP contribution in [0.1, 0.15) is 13.8 Å². The number of allylic oxidation sites excluding steroid dienone is 2. The molecule has 3 heteroatoms. The molecule has 0 saturated heterocycles. The quantitative estimate of drug-likeness (QED) is 0.437. The molecule has 0 aromatic heterocycles. The second kappa shape index (κ2) is 3.71. The topological polar surface area (TPSA) is 64.4 Å². The molecule has 0 aliphatic rings. The van der Waals surface area contributed by atoms with Gasteiger partial charge in [0.25, 0.3) is 0 Å². The van der Waals surface area contributed by atoms with Gasteiger partial charge in [-0.05, 0) is 19.9 Å². The molecule has 56 valence electrons. The molecule has 0 heterocycles. The van der Waals surface area contributed by atoms with Crippen molar-refractivity contribution < 1.29 is 0 Å². The largest absolute Gasteiger partial charge is 0.402 e. The average molecular weight is 139 g/mol. The zero-order valence-corrected chi connectivity index (χ0v) is 6.39. The first kappa shape index (κ1) is 8.75. The molecular weight excluding hydrogens is 126 g/mol. The maximum absolute atomic E-state index is 5.41. The number of hydrogen-bond acceptors (Lipinski definition) is 2. The monoisotopic (exact) mass is 139 g/mol. The van der Waals surface area contributed by atoms with Crippen LogP contribution in [0.25, 0.3) is 0 Å². The second-order valence-corrected chi connectivity index (χ2v) is 2.16. The van der Waals surface area contributed by atoms with Crippen molar-refractivity contribution in [2.45, 2.75) is 13.8 Å². The highest BCUT2D eigenvalue weighted by Gasteiger charge is 1.84. The lowest BCUT2D eigenvalue weighted by Gasteiger charge is -1.92. The third-order valence-corrected chi connectivity index (χ3v) is 0.696. The van der Waals surface area contributed by atoms with Crippen LogP contribution >= 0.6 is 0 Å². The van der Waals surface area contributed by atoms with Crippen molar-refractivity contribution in [1.82, 2.24) is 0 Å². The van der Waals surface area contributed by atoms with E-state index in [1.807, 2.05) is 0 Å². The van der Waals surface area contributed by atoms with E-state index < -0.39 is 0 Å². The average Bonchev–Trinajstić information content (AvgIpc) is 1.58. The third-order valence-electron chi connectivity index (χ3n) is 0.696. The van der Waals surface area contributed by atoms with Gasteiger partial charge in [0.2, 0.25) is 0 Å². The van der Waals surface area contributed by atoms with Crippen LogP contribution in [0.15, 0.2) is 29.0 Å². The van der Waals surface area contributed by atoms with Crippen LogP contribution in [0.3, 0.4) is 0 Å². The zero-order valence-electron chi connectivity index (χ0n) is 6.39. The number of amidine groups is 1. The number of nitrogens with zero attached hydrogens (tertiary/aromatic N) is 1. The van der Waals surface area contributed by atoms with Crippen LogP contribution in [-0.2, 0) is 0 Å². The van der Waals surface area contributed by atoms with Crippen molar-refractivity contribution >= 4 is 5.84 Å². The van der Waals surface area contributed by atoms with Gasteiger partial charge in [0.05, 0.1) is 0 Å². The Morgan fingerprint density at radius 2 is 1.90 bits per heavy atom. The summed E-state index contributed by atoms with van der Waals surface area (Å²) in [6, 6.07) is 0. The van der Waals surface area contributed by atoms with Crippen molar-refractivity contribution in [1.29, 1.82) is 0 Å². The molecular formula is C7H13N3. The minimum Gasteiger partial charge on any atom is -0.402 e. The summed E-state index contributed by atoms with van der Waals surface area (Å²) < 4.78 is 0. The van der Waals surface area contributed by atoms with E-state index in [1.165, 1.54) is 0 Å². The van der Waals surface area contributed by atoms with E-state index in [2.05, 4.69) is 11.6 Å². The number of hydrogen-bond donors (Lipinski definition) is 2. The fourth-order valence-electron chi connectivity index (χ4n) is 0.486. The van der Waals surface area contributed by atoms with Gasteiger partial charge in [-0.1, -0.05) is 6.58 Å². The molecule has 0 amide bonds. The first-order chi connectivity index (χ1) is 4.52. The molecule has 0 saturated carbocycles. The summed E-state index contributed by atoms with van der Waals surface area (Å²) in [6.07, 6.45) is 1.59. The van der Waals surface area contributed by atoms with Crippen molar-refractivity contribution in [3.05, 3.63) is 24.0 Å². The molecule has 0 aromatic carbocycles. The Labute approximate surface area is 61.1 Å². The van der Waals surface area contributed by atoms with Crippen LogP contribution in [0.2, 0.25) is 0 Å². The van der Waals surface area contributed by atoms with Gasteiger partial charge in [-0.15, -0.1) is 0 Å². The smallest absolute Gasteiger partial charge is 0.125 e. The minimum absolute atomic E-state index is 0.396. The van der Waals surface area contributed by atoms with Gasteiger partial charge < -0.3 is 11.5 Å². The fourth-order valence-corrected chi connectivity index (χ4v) is 0.486. The summed E-state index contributed by atoms with van der Waals surface area (Å²) in [5.41, 5.74) is 12.1. The van der Waals surface area contributed by atoms with Gasteiger partial charge >= 0.3 is 0 Å². The Morgan fingerprint density at radius 3 is 2.20 bits per heavy atom. The number of aliphatic imine (C=N–C) groups is 1. The second-order valence-electron chi connectivity index (χ2n) is 2.16. The van der Waals surface area contributed by atoms with Crippen LogP contribution in [0.5, 0.6) is 0 Å². The highest BCUT2D eigenvalue weighted by molar-refractivity contribution is 5.92. The van der Waals surface area contributed by atoms with E-state index in [-0.39, 0.29) is 0 Å². The number of rotatable bonds is 2.